The van der Waals surface area contributed by atoms with Gasteiger partial charge in [0.1, 0.15) is 0 Å². The number of carbonyl (C=O) groups is 1. The van der Waals surface area contributed by atoms with Gasteiger partial charge in [-0.3, -0.25) is 10.1 Å². The van der Waals surface area contributed by atoms with Crippen molar-refractivity contribution in [2.45, 2.75) is 19.0 Å². The third-order valence-electron chi connectivity index (χ3n) is 2.61. The molecule has 4 heteroatoms. The van der Waals surface area contributed by atoms with E-state index in [4.69, 9.17) is 0 Å². The fourth-order valence-electron chi connectivity index (χ4n) is 1.87. The molecule has 15 heavy (non-hydrogen) atoms. The molecule has 1 aromatic carbocycles. The summed E-state index contributed by atoms with van der Waals surface area (Å²) in [5.41, 5.74) is 1.19. The first-order valence-corrected chi connectivity index (χ1v) is 5.75. The van der Waals surface area contributed by atoms with E-state index >= 15 is 0 Å². The summed E-state index contributed by atoms with van der Waals surface area (Å²) in [5, 5.41) is 6.17. The molecule has 0 spiro atoms. The summed E-state index contributed by atoms with van der Waals surface area (Å²) < 4.78 is 1.07. The Balaban J connectivity index is 2.24. The minimum absolute atomic E-state index is 0.0609. The summed E-state index contributed by atoms with van der Waals surface area (Å²) in [6, 6.07) is 8.36. The molecule has 0 bridgehead atoms. The van der Waals surface area contributed by atoms with Crippen LogP contribution in [0.15, 0.2) is 28.7 Å². The maximum atomic E-state index is 11.1. The van der Waals surface area contributed by atoms with Gasteiger partial charge in [0.2, 0.25) is 5.91 Å². The number of carbonyl (C=O) groups excluding carboxylic acids is 1. The van der Waals surface area contributed by atoms with Crippen LogP contribution in [0.2, 0.25) is 0 Å². The van der Waals surface area contributed by atoms with Crippen molar-refractivity contribution >= 4 is 21.8 Å². The predicted octanol–water partition coefficient (Wildman–Crippen LogP) is 1.60. The van der Waals surface area contributed by atoms with Gasteiger partial charge >= 0.3 is 0 Å². The number of halogens is 1. The number of piperazine rings is 1. The van der Waals surface area contributed by atoms with E-state index in [1.54, 1.807) is 0 Å². The van der Waals surface area contributed by atoms with Crippen molar-refractivity contribution in [3.05, 3.63) is 34.3 Å². The van der Waals surface area contributed by atoms with Crippen LogP contribution in [-0.4, -0.2) is 18.5 Å². The quantitative estimate of drug-likeness (QED) is 0.813. The van der Waals surface area contributed by atoms with E-state index in [-0.39, 0.29) is 18.0 Å². The molecule has 0 aromatic heterocycles. The Morgan fingerprint density at radius 3 is 2.80 bits per heavy atom. The average molecular weight is 269 g/mol. The zero-order chi connectivity index (χ0) is 10.8. The van der Waals surface area contributed by atoms with E-state index in [1.807, 2.05) is 25.1 Å². The number of rotatable bonds is 1. The lowest BCUT2D eigenvalue weighted by molar-refractivity contribution is -0.122. The van der Waals surface area contributed by atoms with Crippen molar-refractivity contribution in [3.8, 4) is 0 Å². The SMILES string of the molecule is CC1NC(=O)CNC1c1ccccc1Br. The molecule has 80 valence electrons. The van der Waals surface area contributed by atoms with Crippen molar-refractivity contribution in [2.24, 2.45) is 0 Å². The third kappa shape index (κ3) is 2.21. The summed E-state index contributed by atoms with van der Waals surface area (Å²) in [6.45, 7) is 2.39. The third-order valence-corrected chi connectivity index (χ3v) is 3.33. The lowest BCUT2D eigenvalue weighted by atomic mass is 9.99. The number of hydrogen-bond donors (Lipinski definition) is 2. The lowest BCUT2D eigenvalue weighted by Crippen LogP contribution is -2.52. The minimum atomic E-state index is 0.0609. The van der Waals surface area contributed by atoms with Crippen LogP contribution in [0.5, 0.6) is 0 Å². The van der Waals surface area contributed by atoms with Crippen LogP contribution >= 0.6 is 15.9 Å². The van der Waals surface area contributed by atoms with Crippen LogP contribution in [0, 0.1) is 0 Å². The molecule has 3 nitrogen and oxygen atoms in total. The average Bonchev–Trinajstić information content (AvgIpc) is 2.20. The van der Waals surface area contributed by atoms with Gasteiger partial charge in [-0.2, -0.15) is 0 Å². The Labute approximate surface area is 97.4 Å². The Hall–Kier alpha value is -0.870. The van der Waals surface area contributed by atoms with Gasteiger partial charge in [-0.25, -0.2) is 0 Å². The summed E-state index contributed by atoms with van der Waals surface area (Å²) in [7, 11) is 0. The molecule has 1 saturated heterocycles. The van der Waals surface area contributed by atoms with Crippen LogP contribution in [0.4, 0.5) is 0 Å². The highest BCUT2D eigenvalue weighted by molar-refractivity contribution is 9.10. The standard InChI is InChI=1S/C11H13BrN2O/c1-7-11(13-6-10(15)14-7)8-4-2-3-5-9(8)12/h2-5,7,11,13H,6H2,1H3,(H,14,15). The van der Waals surface area contributed by atoms with Crippen molar-refractivity contribution < 1.29 is 4.79 Å². The van der Waals surface area contributed by atoms with E-state index < -0.39 is 0 Å². The molecule has 2 rings (SSSR count). The van der Waals surface area contributed by atoms with Crippen LogP contribution < -0.4 is 10.6 Å². The maximum Gasteiger partial charge on any atom is 0.234 e. The molecular weight excluding hydrogens is 256 g/mol. The first kappa shape index (κ1) is 10.6. The Morgan fingerprint density at radius 2 is 2.13 bits per heavy atom. The maximum absolute atomic E-state index is 11.1. The highest BCUT2D eigenvalue weighted by Crippen LogP contribution is 2.26. The summed E-state index contributed by atoms with van der Waals surface area (Å²) in [4.78, 5) is 11.1. The molecule has 2 N–H and O–H groups in total. The van der Waals surface area contributed by atoms with Gasteiger partial charge in [0.15, 0.2) is 0 Å². The molecule has 2 atom stereocenters. The van der Waals surface area contributed by atoms with E-state index in [0.717, 1.165) is 4.47 Å². The van der Waals surface area contributed by atoms with E-state index in [1.165, 1.54) is 5.56 Å². The van der Waals surface area contributed by atoms with Crippen molar-refractivity contribution in [1.29, 1.82) is 0 Å². The van der Waals surface area contributed by atoms with Gasteiger partial charge in [0.05, 0.1) is 12.6 Å². The summed E-state index contributed by atoms with van der Waals surface area (Å²) in [5.74, 6) is 0.0609. The molecule has 0 radical (unpaired) electrons. The summed E-state index contributed by atoms with van der Waals surface area (Å²) >= 11 is 3.52. The van der Waals surface area contributed by atoms with Gasteiger partial charge in [-0.05, 0) is 18.6 Å². The zero-order valence-electron chi connectivity index (χ0n) is 8.46. The largest absolute Gasteiger partial charge is 0.351 e. The van der Waals surface area contributed by atoms with Crippen molar-refractivity contribution in [1.82, 2.24) is 10.6 Å². The van der Waals surface area contributed by atoms with Gasteiger partial charge in [0, 0.05) is 10.5 Å². The Kier molecular flexibility index (Phi) is 3.07. The van der Waals surface area contributed by atoms with Gasteiger partial charge in [-0.15, -0.1) is 0 Å². The molecule has 1 aromatic rings. The fraction of sp³-hybridized carbons (Fsp3) is 0.364. The Bertz CT molecular complexity index is 381. The van der Waals surface area contributed by atoms with Crippen LogP contribution in [0.25, 0.3) is 0 Å². The number of amides is 1. The fourth-order valence-corrected chi connectivity index (χ4v) is 2.41. The molecule has 1 aliphatic rings. The second kappa shape index (κ2) is 4.33. The highest BCUT2D eigenvalue weighted by atomic mass is 79.9. The molecular formula is C11H13BrN2O. The van der Waals surface area contributed by atoms with Gasteiger partial charge in [-0.1, -0.05) is 34.1 Å². The van der Waals surface area contributed by atoms with E-state index in [9.17, 15) is 4.79 Å². The summed E-state index contributed by atoms with van der Waals surface area (Å²) in [6.07, 6.45) is 0. The number of nitrogens with one attached hydrogen (secondary N) is 2. The second-order valence-corrected chi connectivity index (χ2v) is 4.59. The normalized spacial score (nSPS) is 26.1. The van der Waals surface area contributed by atoms with Crippen LogP contribution in [-0.2, 0) is 4.79 Å². The van der Waals surface area contributed by atoms with E-state index in [2.05, 4.69) is 32.6 Å². The number of benzene rings is 1. The smallest absolute Gasteiger partial charge is 0.234 e. The van der Waals surface area contributed by atoms with Crippen LogP contribution in [0.3, 0.4) is 0 Å². The first-order chi connectivity index (χ1) is 7.18. The first-order valence-electron chi connectivity index (χ1n) is 4.95. The molecule has 0 aliphatic carbocycles. The Morgan fingerprint density at radius 1 is 1.40 bits per heavy atom. The van der Waals surface area contributed by atoms with E-state index in [0.29, 0.717) is 6.54 Å². The van der Waals surface area contributed by atoms with Crippen molar-refractivity contribution in [2.75, 3.05) is 6.54 Å². The van der Waals surface area contributed by atoms with Crippen LogP contribution in [0.1, 0.15) is 18.5 Å². The predicted molar refractivity (Wildman–Crippen MR) is 62.5 cm³/mol. The minimum Gasteiger partial charge on any atom is -0.351 e. The molecule has 1 fully saturated rings. The van der Waals surface area contributed by atoms with Gasteiger partial charge in [0.25, 0.3) is 0 Å². The highest BCUT2D eigenvalue weighted by Gasteiger charge is 2.26. The molecule has 1 amide bonds. The van der Waals surface area contributed by atoms with Gasteiger partial charge < -0.3 is 5.32 Å². The second-order valence-electron chi connectivity index (χ2n) is 3.74. The zero-order valence-corrected chi connectivity index (χ0v) is 10.0. The van der Waals surface area contributed by atoms with Crippen molar-refractivity contribution in [3.63, 3.8) is 0 Å². The lowest BCUT2D eigenvalue weighted by Gasteiger charge is -2.31. The molecule has 0 saturated carbocycles. The monoisotopic (exact) mass is 268 g/mol. The molecule has 2 unspecified atom stereocenters. The molecule has 1 heterocycles. The topological polar surface area (TPSA) is 41.1 Å². The number of hydrogen-bond acceptors (Lipinski definition) is 2. The molecule has 1 aliphatic heterocycles.